The van der Waals surface area contributed by atoms with Gasteiger partial charge in [-0.1, -0.05) is 58.5 Å². The number of carbonyl (C=O) groups is 1. The van der Waals surface area contributed by atoms with Crippen LogP contribution in [0.4, 0.5) is 23.8 Å². The minimum atomic E-state index is -10.1. The number of benzene rings is 1. The summed E-state index contributed by atoms with van der Waals surface area (Å²) in [4.78, 5) is 9.58. The molecule has 2 rings (SSSR count). The Bertz CT molecular complexity index is 696. The van der Waals surface area contributed by atoms with Crippen molar-refractivity contribution in [3.8, 4) is 5.75 Å². The van der Waals surface area contributed by atoms with E-state index in [0.29, 0.717) is 24.8 Å². The third kappa shape index (κ3) is 6.60. The Labute approximate surface area is 161 Å². The zero-order chi connectivity index (χ0) is 21.1. The van der Waals surface area contributed by atoms with Crippen molar-refractivity contribution in [3.05, 3.63) is 24.0 Å². The van der Waals surface area contributed by atoms with E-state index in [1.807, 2.05) is 0 Å². The predicted molar refractivity (Wildman–Crippen MR) is 97.6 cm³/mol. The second kappa shape index (κ2) is 7.80. The lowest BCUT2D eigenvalue weighted by Crippen LogP contribution is -2.25. The van der Waals surface area contributed by atoms with E-state index in [1.165, 1.54) is 19.3 Å². The lowest BCUT2D eigenvalue weighted by molar-refractivity contribution is -0.140. The van der Waals surface area contributed by atoms with Gasteiger partial charge in [0.2, 0.25) is 0 Å². The van der Waals surface area contributed by atoms with Crippen molar-refractivity contribution >= 4 is 16.2 Å². The van der Waals surface area contributed by atoms with Crippen molar-refractivity contribution in [1.82, 2.24) is 0 Å². The molecule has 28 heavy (non-hydrogen) atoms. The average Bonchev–Trinajstić information content (AvgIpc) is 2.57. The molecule has 0 amide bonds. The SMILES string of the molecule is CCCCCC[C@H]1CC[C@H](C(=O)Oc2ccc(S(F)(F)(F)(F)F)c(F)c2)CC1. The molecule has 1 aliphatic rings. The molecule has 0 saturated heterocycles. The first-order valence-corrected chi connectivity index (χ1v) is 11.5. The standard InChI is InChI=1S/C19H26F6O2S/c1-2-3-4-5-6-14-7-9-15(10-8-14)19(26)27-16-11-12-18(17(20)13-16)28(21,22,23,24)25/h11-15H,2-10H2,1H3/t14-,15-. The van der Waals surface area contributed by atoms with Crippen LogP contribution in [0.2, 0.25) is 0 Å². The quantitative estimate of drug-likeness (QED) is 0.179. The Morgan fingerprint density at radius 3 is 2.21 bits per heavy atom. The van der Waals surface area contributed by atoms with Crippen LogP contribution >= 0.6 is 10.2 Å². The fraction of sp³-hybridized carbons (Fsp3) is 0.632. The minimum absolute atomic E-state index is 0.0767. The van der Waals surface area contributed by atoms with Crippen LogP contribution in [0.1, 0.15) is 64.7 Å². The van der Waals surface area contributed by atoms with Gasteiger partial charge in [-0.3, -0.25) is 4.79 Å². The van der Waals surface area contributed by atoms with Crippen molar-refractivity contribution in [2.24, 2.45) is 11.8 Å². The smallest absolute Gasteiger partial charge is 0.314 e. The lowest BCUT2D eigenvalue weighted by Gasteiger charge is -2.40. The van der Waals surface area contributed by atoms with Crippen LogP contribution in [0.5, 0.6) is 5.75 Å². The molecule has 0 N–H and O–H groups in total. The summed E-state index contributed by atoms with van der Waals surface area (Å²) in [5.41, 5.74) is 0. The summed E-state index contributed by atoms with van der Waals surface area (Å²) in [7, 11) is -10.1. The van der Waals surface area contributed by atoms with Gasteiger partial charge in [0.15, 0.2) is 0 Å². The number of halogens is 6. The van der Waals surface area contributed by atoms with Crippen LogP contribution in [-0.2, 0) is 4.79 Å². The van der Waals surface area contributed by atoms with Crippen LogP contribution in [-0.4, -0.2) is 5.97 Å². The highest BCUT2D eigenvalue weighted by Crippen LogP contribution is 3.02. The Morgan fingerprint density at radius 2 is 1.68 bits per heavy atom. The first-order chi connectivity index (χ1) is 12.8. The van der Waals surface area contributed by atoms with Gasteiger partial charge >= 0.3 is 16.2 Å². The molecule has 0 atom stereocenters. The maximum absolute atomic E-state index is 13.6. The summed E-state index contributed by atoms with van der Waals surface area (Å²) >= 11 is 0. The molecule has 0 bridgehead atoms. The fourth-order valence-corrected chi connectivity index (χ4v) is 4.36. The first-order valence-electron chi connectivity index (χ1n) is 9.55. The molecule has 1 aromatic carbocycles. The zero-order valence-electron chi connectivity index (χ0n) is 15.7. The molecule has 1 fully saturated rings. The maximum Gasteiger partial charge on any atom is 0.314 e. The second-order valence-electron chi connectivity index (χ2n) is 7.55. The summed E-state index contributed by atoms with van der Waals surface area (Å²) in [6.07, 6.45) is 8.77. The van der Waals surface area contributed by atoms with Crippen molar-refractivity contribution in [1.29, 1.82) is 0 Å². The molecule has 0 spiro atoms. The molecular formula is C19H26F6O2S. The van der Waals surface area contributed by atoms with Crippen LogP contribution < -0.4 is 4.74 Å². The van der Waals surface area contributed by atoms with E-state index in [0.717, 1.165) is 25.7 Å². The number of hydrogen-bond donors (Lipinski definition) is 0. The number of rotatable bonds is 8. The maximum atomic E-state index is 13.6. The third-order valence-electron chi connectivity index (χ3n) is 5.18. The van der Waals surface area contributed by atoms with Gasteiger partial charge in [0.25, 0.3) is 0 Å². The summed E-state index contributed by atoms with van der Waals surface area (Å²) < 4.78 is 82.1. The first kappa shape index (κ1) is 22.9. The summed E-state index contributed by atoms with van der Waals surface area (Å²) in [5.74, 6) is -3.18. The van der Waals surface area contributed by atoms with Crippen molar-refractivity contribution in [3.63, 3.8) is 0 Å². The highest BCUT2D eigenvalue weighted by Gasteiger charge is 2.67. The molecule has 0 aliphatic heterocycles. The van der Waals surface area contributed by atoms with Crippen LogP contribution in [0, 0.1) is 17.7 Å². The van der Waals surface area contributed by atoms with E-state index >= 15 is 0 Å². The van der Waals surface area contributed by atoms with E-state index in [9.17, 15) is 28.6 Å². The predicted octanol–water partition coefficient (Wildman–Crippen LogP) is 8.17. The number of carbonyl (C=O) groups excluding carboxylic acids is 1. The molecule has 0 heterocycles. The Morgan fingerprint density at radius 1 is 1.04 bits per heavy atom. The van der Waals surface area contributed by atoms with Gasteiger partial charge < -0.3 is 4.74 Å². The topological polar surface area (TPSA) is 26.3 Å². The zero-order valence-corrected chi connectivity index (χ0v) is 16.6. The summed E-state index contributed by atoms with van der Waals surface area (Å²) in [6, 6.07) is 0.658. The number of esters is 1. The van der Waals surface area contributed by atoms with E-state index in [1.54, 1.807) is 0 Å². The number of unbranched alkanes of at least 4 members (excludes halogenated alkanes) is 3. The molecular weight excluding hydrogens is 406 g/mol. The van der Waals surface area contributed by atoms with E-state index in [-0.39, 0.29) is 12.1 Å². The van der Waals surface area contributed by atoms with Gasteiger partial charge in [-0.15, -0.1) is 0 Å². The minimum Gasteiger partial charge on any atom is -0.426 e. The van der Waals surface area contributed by atoms with E-state index in [4.69, 9.17) is 4.74 Å². The number of hydrogen-bond acceptors (Lipinski definition) is 2. The molecule has 1 saturated carbocycles. The summed E-state index contributed by atoms with van der Waals surface area (Å²) in [6.45, 7) is 2.15. The van der Waals surface area contributed by atoms with Gasteiger partial charge in [0.05, 0.1) is 5.92 Å². The molecule has 1 aromatic rings. The molecule has 9 heteroatoms. The van der Waals surface area contributed by atoms with Crippen LogP contribution in [0.25, 0.3) is 0 Å². The average molecular weight is 432 g/mol. The van der Waals surface area contributed by atoms with Gasteiger partial charge in [-0.25, -0.2) is 4.39 Å². The molecule has 0 unspecified atom stereocenters. The van der Waals surface area contributed by atoms with Crippen molar-refractivity contribution < 1.29 is 33.4 Å². The molecule has 162 valence electrons. The van der Waals surface area contributed by atoms with Crippen LogP contribution in [0.3, 0.4) is 0 Å². The second-order valence-corrected chi connectivity index (χ2v) is 9.93. The number of ether oxygens (including phenoxy) is 1. The largest absolute Gasteiger partial charge is 0.426 e. The van der Waals surface area contributed by atoms with Gasteiger partial charge in [-0.2, -0.15) is 0 Å². The molecule has 2 nitrogen and oxygen atoms in total. The highest BCUT2D eigenvalue weighted by molar-refractivity contribution is 8.45. The van der Waals surface area contributed by atoms with E-state index in [2.05, 4.69) is 6.92 Å². The monoisotopic (exact) mass is 432 g/mol. The van der Waals surface area contributed by atoms with Gasteiger partial charge in [0, 0.05) is 6.07 Å². The molecule has 0 radical (unpaired) electrons. The Hall–Kier alpha value is -1.38. The Kier molecular flexibility index (Phi) is 6.38. The molecule has 1 aliphatic carbocycles. The third-order valence-corrected chi connectivity index (χ3v) is 6.35. The lowest BCUT2D eigenvalue weighted by atomic mass is 9.80. The van der Waals surface area contributed by atoms with Crippen LogP contribution in [0.15, 0.2) is 23.1 Å². The molecule has 0 aromatic heterocycles. The van der Waals surface area contributed by atoms with Gasteiger partial charge in [0.1, 0.15) is 16.5 Å². The fourth-order valence-electron chi connectivity index (χ4n) is 3.60. The van der Waals surface area contributed by atoms with E-state index < -0.39 is 38.6 Å². The summed E-state index contributed by atoms with van der Waals surface area (Å²) in [5, 5.41) is 0. The van der Waals surface area contributed by atoms with Crippen molar-refractivity contribution in [2.75, 3.05) is 0 Å². The Balaban J connectivity index is 1.90. The van der Waals surface area contributed by atoms with Crippen molar-refractivity contribution in [2.45, 2.75) is 69.6 Å². The highest BCUT2D eigenvalue weighted by atomic mass is 32.5. The van der Waals surface area contributed by atoms with Gasteiger partial charge in [-0.05, 0) is 43.7 Å². The normalized spacial score (nSPS) is 23.0.